The molecule has 0 fully saturated rings. The zero-order valence-electron chi connectivity index (χ0n) is 19.9. The molecular formula is C24H33N3O6. The van der Waals surface area contributed by atoms with E-state index in [9.17, 15) is 19.2 Å². The van der Waals surface area contributed by atoms with Crippen molar-refractivity contribution in [3.05, 3.63) is 35.4 Å². The first-order valence-corrected chi connectivity index (χ1v) is 10.7. The summed E-state index contributed by atoms with van der Waals surface area (Å²) in [7, 11) is 1.21. The standard InChI is InChI=1S/C24H33N3O6/c1-7-9-14-27(19(28)15-26-23(31)33-24(3,4)5)21(22(30)25-16-20(29)32-6)18-13-11-10-12-17(18)8-2/h2,10-13,21H,7,9,14-16H2,1,3-6H3,(H,25,30)(H,26,31). The molecule has 1 rings (SSSR count). The smallest absolute Gasteiger partial charge is 0.408 e. The number of terminal acetylenes is 1. The van der Waals surface area contributed by atoms with Crippen LogP contribution in [-0.2, 0) is 23.9 Å². The van der Waals surface area contributed by atoms with Crippen molar-refractivity contribution in [3.63, 3.8) is 0 Å². The van der Waals surface area contributed by atoms with E-state index in [1.165, 1.54) is 12.0 Å². The van der Waals surface area contributed by atoms with E-state index >= 15 is 0 Å². The second-order valence-electron chi connectivity index (χ2n) is 8.22. The Hall–Kier alpha value is -3.54. The maximum atomic E-state index is 13.2. The number of hydrogen-bond donors (Lipinski definition) is 2. The fraction of sp³-hybridized carbons (Fsp3) is 0.500. The van der Waals surface area contributed by atoms with Crippen LogP contribution in [0.3, 0.4) is 0 Å². The van der Waals surface area contributed by atoms with Gasteiger partial charge in [-0.1, -0.05) is 37.5 Å². The number of amides is 3. The highest BCUT2D eigenvalue weighted by molar-refractivity contribution is 5.92. The Kier molecular flexibility index (Phi) is 10.9. The number of unbranched alkanes of at least 4 members (excludes halogenated alkanes) is 1. The molecule has 0 aromatic heterocycles. The number of esters is 1. The molecule has 180 valence electrons. The Morgan fingerprint density at radius 2 is 1.79 bits per heavy atom. The summed E-state index contributed by atoms with van der Waals surface area (Å²) in [4.78, 5) is 51.3. The minimum atomic E-state index is -1.11. The molecule has 0 heterocycles. The summed E-state index contributed by atoms with van der Waals surface area (Å²) < 4.78 is 9.76. The van der Waals surface area contributed by atoms with Crippen LogP contribution in [0.25, 0.3) is 0 Å². The lowest BCUT2D eigenvalue weighted by Gasteiger charge is -2.32. The molecule has 9 heteroatoms. The Morgan fingerprint density at radius 3 is 2.36 bits per heavy atom. The third-order valence-electron chi connectivity index (χ3n) is 4.46. The highest BCUT2D eigenvalue weighted by Crippen LogP contribution is 2.25. The van der Waals surface area contributed by atoms with E-state index in [-0.39, 0.29) is 19.6 Å². The second-order valence-corrected chi connectivity index (χ2v) is 8.22. The van der Waals surface area contributed by atoms with Gasteiger partial charge >= 0.3 is 12.1 Å². The minimum Gasteiger partial charge on any atom is -0.468 e. The first-order chi connectivity index (χ1) is 15.5. The van der Waals surface area contributed by atoms with Crippen molar-refractivity contribution >= 4 is 23.9 Å². The van der Waals surface area contributed by atoms with Crippen LogP contribution >= 0.6 is 0 Å². The average molecular weight is 460 g/mol. The summed E-state index contributed by atoms with van der Waals surface area (Å²) in [6, 6.07) is 5.65. The van der Waals surface area contributed by atoms with Crippen LogP contribution in [-0.4, -0.2) is 61.1 Å². The van der Waals surface area contributed by atoms with Gasteiger partial charge in [0.05, 0.1) is 7.11 Å². The molecule has 0 aliphatic rings. The highest BCUT2D eigenvalue weighted by Gasteiger charge is 2.33. The van der Waals surface area contributed by atoms with E-state index in [0.29, 0.717) is 17.5 Å². The van der Waals surface area contributed by atoms with Crippen LogP contribution in [0.2, 0.25) is 0 Å². The summed E-state index contributed by atoms with van der Waals surface area (Å²) in [5, 5.41) is 4.93. The molecule has 0 aliphatic carbocycles. The van der Waals surface area contributed by atoms with Gasteiger partial charge in [0.2, 0.25) is 11.8 Å². The van der Waals surface area contributed by atoms with E-state index in [4.69, 9.17) is 11.2 Å². The number of ether oxygens (including phenoxy) is 2. The van der Waals surface area contributed by atoms with Crippen molar-refractivity contribution in [2.45, 2.75) is 52.2 Å². The minimum absolute atomic E-state index is 0.237. The Morgan fingerprint density at radius 1 is 1.12 bits per heavy atom. The van der Waals surface area contributed by atoms with Gasteiger partial charge in [-0.25, -0.2) is 4.79 Å². The first-order valence-electron chi connectivity index (χ1n) is 10.7. The van der Waals surface area contributed by atoms with Gasteiger partial charge < -0.3 is 25.0 Å². The lowest BCUT2D eigenvalue weighted by atomic mass is 9.98. The van der Waals surface area contributed by atoms with Crippen LogP contribution in [0.15, 0.2) is 24.3 Å². The van der Waals surface area contributed by atoms with E-state index in [2.05, 4.69) is 21.3 Å². The largest absolute Gasteiger partial charge is 0.468 e. The van der Waals surface area contributed by atoms with Crippen molar-refractivity contribution in [1.29, 1.82) is 0 Å². The number of methoxy groups -OCH3 is 1. The molecule has 0 spiro atoms. The number of nitrogens with zero attached hydrogens (tertiary/aromatic N) is 1. The molecule has 1 unspecified atom stereocenters. The van der Waals surface area contributed by atoms with E-state index in [1.807, 2.05) is 6.92 Å². The van der Waals surface area contributed by atoms with Crippen molar-refractivity contribution < 1.29 is 28.7 Å². The van der Waals surface area contributed by atoms with Gasteiger partial charge in [0.25, 0.3) is 0 Å². The molecule has 0 aliphatic heterocycles. The van der Waals surface area contributed by atoms with Crippen molar-refractivity contribution in [1.82, 2.24) is 15.5 Å². The van der Waals surface area contributed by atoms with Gasteiger partial charge in [-0.05, 0) is 38.8 Å². The van der Waals surface area contributed by atoms with E-state index in [1.54, 1.807) is 45.0 Å². The molecule has 3 amide bonds. The second kappa shape index (κ2) is 13.1. The number of carbonyl (C=O) groups excluding carboxylic acids is 4. The van der Waals surface area contributed by atoms with Crippen molar-refractivity contribution in [2.75, 3.05) is 26.7 Å². The van der Waals surface area contributed by atoms with E-state index < -0.39 is 35.5 Å². The number of rotatable bonds is 10. The lowest BCUT2D eigenvalue weighted by molar-refractivity contribution is -0.143. The summed E-state index contributed by atoms with van der Waals surface area (Å²) in [6.07, 6.45) is 6.25. The van der Waals surface area contributed by atoms with Crippen LogP contribution < -0.4 is 10.6 Å². The van der Waals surface area contributed by atoms with Gasteiger partial charge in [-0.2, -0.15) is 0 Å². The van der Waals surface area contributed by atoms with E-state index in [0.717, 1.165) is 6.42 Å². The molecular weight excluding hydrogens is 426 g/mol. The van der Waals surface area contributed by atoms with Gasteiger partial charge in [0, 0.05) is 12.1 Å². The maximum absolute atomic E-state index is 13.2. The zero-order valence-corrected chi connectivity index (χ0v) is 19.9. The lowest BCUT2D eigenvalue weighted by Crippen LogP contribution is -2.49. The fourth-order valence-corrected chi connectivity index (χ4v) is 2.94. The monoisotopic (exact) mass is 459 g/mol. The summed E-state index contributed by atoms with van der Waals surface area (Å²) in [6.45, 7) is 6.57. The predicted octanol–water partition coefficient (Wildman–Crippen LogP) is 2.15. The molecule has 1 aromatic rings. The number of alkyl carbamates (subject to hydrolysis) is 1. The van der Waals surface area contributed by atoms with Gasteiger partial charge in [-0.3, -0.25) is 14.4 Å². The topological polar surface area (TPSA) is 114 Å². The molecule has 33 heavy (non-hydrogen) atoms. The van der Waals surface area contributed by atoms with Crippen LogP contribution in [0.1, 0.15) is 57.7 Å². The summed E-state index contributed by atoms with van der Waals surface area (Å²) in [5.74, 6) is 0.806. The number of carbonyl (C=O) groups is 4. The van der Waals surface area contributed by atoms with Crippen LogP contribution in [0.5, 0.6) is 0 Å². The highest BCUT2D eigenvalue weighted by atomic mass is 16.6. The molecule has 0 saturated carbocycles. The molecule has 0 saturated heterocycles. The molecule has 0 radical (unpaired) electrons. The molecule has 1 aromatic carbocycles. The van der Waals surface area contributed by atoms with Crippen LogP contribution in [0.4, 0.5) is 4.79 Å². The Balaban J connectivity index is 3.26. The normalized spacial score (nSPS) is 11.5. The quantitative estimate of drug-likeness (QED) is 0.409. The van der Waals surface area contributed by atoms with Crippen LogP contribution in [0, 0.1) is 12.3 Å². The first kappa shape index (κ1) is 27.5. The maximum Gasteiger partial charge on any atom is 0.408 e. The number of benzene rings is 1. The van der Waals surface area contributed by atoms with Gasteiger partial charge in [-0.15, -0.1) is 6.42 Å². The molecule has 9 nitrogen and oxygen atoms in total. The molecule has 1 atom stereocenters. The average Bonchev–Trinajstić information content (AvgIpc) is 2.77. The third-order valence-corrected chi connectivity index (χ3v) is 4.46. The van der Waals surface area contributed by atoms with Gasteiger partial charge in [0.1, 0.15) is 24.7 Å². The molecule has 2 N–H and O–H groups in total. The zero-order chi connectivity index (χ0) is 25.0. The van der Waals surface area contributed by atoms with Crippen molar-refractivity contribution in [3.8, 4) is 12.3 Å². The number of hydrogen-bond acceptors (Lipinski definition) is 6. The third kappa shape index (κ3) is 9.23. The Bertz CT molecular complexity index is 885. The molecule has 0 bridgehead atoms. The Labute approximate surface area is 195 Å². The van der Waals surface area contributed by atoms with Gasteiger partial charge in [0.15, 0.2) is 0 Å². The van der Waals surface area contributed by atoms with Crippen molar-refractivity contribution in [2.24, 2.45) is 0 Å². The SMILES string of the molecule is C#Cc1ccccc1C(C(=O)NCC(=O)OC)N(CCCC)C(=O)CNC(=O)OC(C)(C)C. The summed E-state index contributed by atoms with van der Waals surface area (Å²) in [5.41, 5.74) is 0.145. The fourth-order valence-electron chi connectivity index (χ4n) is 2.94. The predicted molar refractivity (Wildman–Crippen MR) is 123 cm³/mol. The summed E-state index contributed by atoms with van der Waals surface area (Å²) >= 11 is 0. The number of nitrogens with one attached hydrogen (secondary N) is 2.